The molecule has 0 spiro atoms. The van der Waals surface area contributed by atoms with Crippen LogP contribution in [0.15, 0.2) is 23.1 Å². The van der Waals surface area contributed by atoms with E-state index in [1.807, 2.05) is 0 Å². The van der Waals surface area contributed by atoms with E-state index in [0.717, 1.165) is 0 Å². The maximum absolute atomic E-state index is 11.6. The quantitative estimate of drug-likeness (QED) is 0.550. The lowest BCUT2D eigenvalue weighted by Gasteiger charge is -2.11. The number of aryl methyl sites for hydroxylation is 1. The molecule has 0 aliphatic carbocycles. The third kappa shape index (κ3) is 5.70. The summed E-state index contributed by atoms with van der Waals surface area (Å²) in [5.41, 5.74) is 0.854. The molecule has 1 aromatic rings. The summed E-state index contributed by atoms with van der Waals surface area (Å²) in [4.78, 5) is 21.9. The smallest absolute Gasteiger partial charge is 0.319 e. The van der Waals surface area contributed by atoms with Gasteiger partial charge in [-0.15, -0.1) is 0 Å². The predicted octanol–water partition coefficient (Wildman–Crippen LogP) is 0.883. The number of aliphatic carboxylic acids is 1. The molecule has 22 heavy (non-hydrogen) atoms. The molecule has 0 unspecified atom stereocenters. The summed E-state index contributed by atoms with van der Waals surface area (Å²) in [6.07, 6.45) is 0.758. The third-order valence-corrected chi connectivity index (χ3v) is 3.86. The number of anilines is 1. The molecule has 1 aromatic carbocycles. The van der Waals surface area contributed by atoms with Crippen LogP contribution in [0.25, 0.3) is 0 Å². The van der Waals surface area contributed by atoms with Gasteiger partial charge in [0.2, 0.25) is 10.0 Å². The molecule has 0 saturated carbocycles. The Balaban J connectivity index is 2.70. The SMILES string of the molecule is CCc1ccc(NC(=O)NCCCC(=O)O)cc1S(N)(=O)=O. The zero-order chi connectivity index (χ0) is 16.8. The second kappa shape index (κ2) is 7.76. The number of carboxylic acids is 1. The lowest BCUT2D eigenvalue weighted by atomic mass is 10.1. The monoisotopic (exact) mass is 329 g/mol. The van der Waals surface area contributed by atoms with Gasteiger partial charge in [0.05, 0.1) is 4.90 Å². The highest BCUT2D eigenvalue weighted by Crippen LogP contribution is 2.20. The summed E-state index contributed by atoms with van der Waals surface area (Å²) in [5, 5.41) is 18.6. The van der Waals surface area contributed by atoms with Crippen molar-refractivity contribution in [2.75, 3.05) is 11.9 Å². The lowest BCUT2D eigenvalue weighted by molar-refractivity contribution is -0.137. The molecule has 0 radical (unpaired) electrons. The third-order valence-electron chi connectivity index (χ3n) is 2.87. The number of nitrogens with two attached hydrogens (primary N) is 1. The van der Waals surface area contributed by atoms with Crippen molar-refractivity contribution < 1.29 is 23.1 Å². The van der Waals surface area contributed by atoms with Gasteiger partial charge in [-0.1, -0.05) is 13.0 Å². The molecule has 0 bridgehead atoms. The highest BCUT2D eigenvalue weighted by Gasteiger charge is 2.14. The van der Waals surface area contributed by atoms with Crippen LogP contribution in [0.5, 0.6) is 0 Å². The minimum absolute atomic E-state index is 0.0290. The molecular weight excluding hydrogens is 310 g/mol. The van der Waals surface area contributed by atoms with Crippen LogP contribution in [0.1, 0.15) is 25.3 Å². The van der Waals surface area contributed by atoms with Crippen molar-refractivity contribution in [2.24, 2.45) is 5.14 Å². The average molecular weight is 329 g/mol. The molecule has 9 heteroatoms. The number of primary sulfonamides is 1. The van der Waals surface area contributed by atoms with Crippen LogP contribution in [0.2, 0.25) is 0 Å². The molecule has 1 rings (SSSR count). The van der Waals surface area contributed by atoms with Crippen molar-refractivity contribution in [3.63, 3.8) is 0 Å². The largest absolute Gasteiger partial charge is 0.481 e. The topological polar surface area (TPSA) is 139 Å². The number of carboxylic acid groups (broad SMARTS) is 1. The van der Waals surface area contributed by atoms with Crippen molar-refractivity contribution in [3.8, 4) is 0 Å². The van der Waals surface area contributed by atoms with E-state index in [2.05, 4.69) is 10.6 Å². The average Bonchev–Trinajstić information content (AvgIpc) is 2.42. The number of nitrogens with one attached hydrogen (secondary N) is 2. The first-order chi connectivity index (χ1) is 10.2. The summed E-state index contributed by atoms with van der Waals surface area (Å²) in [7, 11) is -3.87. The maximum Gasteiger partial charge on any atom is 0.319 e. The van der Waals surface area contributed by atoms with Gasteiger partial charge in [0.25, 0.3) is 0 Å². The molecule has 8 nitrogen and oxygen atoms in total. The van der Waals surface area contributed by atoms with Crippen molar-refractivity contribution in [3.05, 3.63) is 23.8 Å². The molecule has 0 aromatic heterocycles. The summed E-state index contributed by atoms with van der Waals surface area (Å²) >= 11 is 0. The van der Waals surface area contributed by atoms with E-state index in [1.54, 1.807) is 19.1 Å². The fourth-order valence-electron chi connectivity index (χ4n) is 1.81. The van der Waals surface area contributed by atoms with Gasteiger partial charge in [-0.25, -0.2) is 18.4 Å². The van der Waals surface area contributed by atoms with Gasteiger partial charge in [0.15, 0.2) is 0 Å². The first kappa shape index (κ1) is 17.9. The number of sulfonamides is 1. The van der Waals surface area contributed by atoms with Gasteiger partial charge in [-0.05, 0) is 30.5 Å². The first-order valence-electron chi connectivity index (χ1n) is 6.66. The molecule has 0 aliphatic heterocycles. The zero-order valence-corrected chi connectivity index (χ0v) is 12.9. The van der Waals surface area contributed by atoms with Crippen LogP contribution in [0.4, 0.5) is 10.5 Å². The Morgan fingerprint density at radius 1 is 1.32 bits per heavy atom. The van der Waals surface area contributed by atoms with Gasteiger partial charge in [0.1, 0.15) is 0 Å². The van der Waals surface area contributed by atoms with E-state index in [9.17, 15) is 18.0 Å². The minimum Gasteiger partial charge on any atom is -0.481 e. The van der Waals surface area contributed by atoms with Crippen LogP contribution in [0, 0.1) is 0 Å². The number of carbonyl (C=O) groups excluding carboxylic acids is 1. The van der Waals surface area contributed by atoms with E-state index in [1.165, 1.54) is 6.07 Å². The highest BCUT2D eigenvalue weighted by atomic mass is 32.2. The number of amides is 2. The number of carbonyl (C=O) groups is 2. The highest BCUT2D eigenvalue weighted by molar-refractivity contribution is 7.89. The molecule has 5 N–H and O–H groups in total. The summed E-state index contributed by atoms with van der Waals surface area (Å²) < 4.78 is 23.0. The van der Waals surface area contributed by atoms with Crippen LogP contribution in [-0.2, 0) is 21.2 Å². The molecule has 0 heterocycles. The standard InChI is InChI=1S/C13H19N3O5S/c1-2-9-5-6-10(8-11(9)22(14,20)21)16-13(19)15-7-3-4-12(17)18/h5-6,8H,2-4,7H2,1H3,(H,17,18)(H2,14,20,21)(H2,15,16,19). The van der Waals surface area contributed by atoms with Crippen LogP contribution < -0.4 is 15.8 Å². The van der Waals surface area contributed by atoms with E-state index in [0.29, 0.717) is 18.4 Å². The molecule has 0 fully saturated rings. The summed E-state index contributed by atoms with van der Waals surface area (Å²) in [6, 6.07) is 3.91. The Morgan fingerprint density at radius 2 is 2.00 bits per heavy atom. The Bertz CT molecular complexity index is 658. The van der Waals surface area contributed by atoms with E-state index >= 15 is 0 Å². The molecule has 0 saturated heterocycles. The molecule has 0 aliphatic rings. The van der Waals surface area contributed by atoms with Crippen molar-refractivity contribution in [1.29, 1.82) is 0 Å². The molecule has 2 amide bonds. The van der Waals surface area contributed by atoms with Crippen molar-refractivity contribution in [2.45, 2.75) is 31.1 Å². The minimum atomic E-state index is -3.87. The fraction of sp³-hybridized carbons (Fsp3) is 0.385. The van der Waals surface area contributed by atoms with Crippen LogP contribution in [-0.4, -0.2) is 32.1 Å². The van der Waals surface area contributed by atoms with Gasteiger partial charge < -0.3 is 15.7 Å². The predicted molar refractivity (Wildman–Crippen MR) is 81.1 cm³/mol. The van der Waals surface area contributed by atoms with E-state index in [-0.39, 0.29) is 23.5 Å². The maximum atomic E-state index is 11.6. The van der Waals surface area contributed by atoms with Gasteiger partial charge in [-0.2, -0.15) is 0 Å². The van der Waals surface area contributed by atoms with Gasteiger partial charge in [-0.3, -0.25) is 4.79 Å². The second-order valence-corrected chi connectivity index (χ2v) is 6.13. The van der Waals surface area contributed by atoms with Crippen LogP contribution in [0.3, 0.4) is 0 Å². The van der Waals surface area contributed by atoms with Crippen molar-refractivity contribution >= 4 is 27.7 Å². The zero-order valence-electron chi connectivity index (χ0n) is 12.1. The second-order valence-electron chi connectivity index (χ2n) is 4.60. The van der Waals surface area contributed by atoms with E-state index < -0.39 is 22.0 Å². The number of hydrogen-bond donors (Lipinski definition) is 4. The number of urea groups is 1. The summed E-state index contributed by atoms with van der Waals surface area (Å²) in [6.45, 7) is 2.00. The Kier molecular flexibility index (Phi) is 6.32. The normalized spacial score (nSPS) is 11.0. The first-order valence-corrected chi connectivity index (χ1v) is 8.21. The van der Waals surface area contributed by atoms with Gasteiger partial charge in [0, 0.05) is 18.7 Å². The number of rotatable bonds is 7. The van der Waals surface area contributed by atoms with Gasteiger partial charge >= 0.3 is 12.0 Å². The van der Waals surface area contributed by atoms with Crippen LogP contribution >= 0.6 is 0 Å². The van der Waals surface area contributed by atoms with E-state index in [4.69, 9.17) is 10.2 Å². The Morgan fingerprint density at radius 3 is 2.55 bits per heavy atom. The Labute approximate surface area is 128 Å². The molecule has 122 valence electrons. The molecular formula is C13H19N3O5S. The molecule has 0 atom stereocenters. The fourth-order valence-corrected chi connectivity index (χ4v) is 2.68. The summed E-state index contributed by atoms with van der Waals surface area (Å²) in [5.74, 6) is -0.935. The lowest BCUT2D eigenvalue weighted by Crippen LogP contribution is -2.30. The number of hydrogen-bond acceptors (Lipinski definition) is 4. The van der Waals surface area contributed by atoms with Crippen molar-refractivity contribution in [1.82, 2.24) is 5.32 Å². The Hall–Kier alpha value is -2.13. The number of benzene rings is 1.